The Morgan fingerprint density at radius 2 is 1.87 bits per heavy atom. The molecule has 0 spiro atoms. The summed E-state index contributed by atoms with van der Waals surface area (Å²) < 4.78 is 47.5. The maximum Gasteiger partial charge on any atom is 0.256 e. The molecule has 0 saturated carbocycles. The first-order valence-electron chi connectivity index (χ1n) is 10.2. The second-order valence-electron chi connectivity index (χ2n) is 8.02. The fourth-order valence-corrected chi connectivity index (χ4v) is 3.68. The number of amides is 1. The number of carbonyl (C=O) groups excluding carboxylic acids is 1. The third-order valence-electron chi connectivity index (χ3n) is 5.05. The van der Waals surface area contributed by atoms with Crippen LogP contribution in [0.5, 0.6) is 0 Å². The molecule has 1 unspecified atom stereocenters. The van der Waals surface area contributed by atoms with Crippen molar-refractivity contribution in [2.45, 2.75) is 26.5 Å². The van der Waals surface area contributed by atoms with E-state index in [1.54, 1.807) is 23.1 Å². The molecule has 1 amide bonds. The Morgan fingerprint density at radius 1 is 1.13 bits per heavy atom. The fraction of sp³-hybridized carbons (Fsp3) is 0.435. The molecule has 1 aliphatic rings. The number of benzene rings is 2. The minimum Gasteiger partial charge on any atom is -0.374 e. The lowest BCUT2D eigenvalue weighted by molar-refractivity contribution is -0.0441. The lowest BCUT2D eigenvalue weighted by Crippen LogP contribution is -2.49. The highest BCUT2D eigenvalue weighted by Gasteiger charge is 2.27. The third-order valence-corrected chi connectivity index (χ3v) is 5.05. The van der Waals surface area contributed by atoms with Crippen LogP contribution in [0, 0.1) is 23.4 Å². The van der Waals surface area contributed by atoms with Gasteiger partial charge < -0.3 is 9.64 Å². The van der Waals surface area contributed by atoms with E-state index in [9.17, 15) is 18.0 Å². The van der Waals surface area contributed by atoms with Gasteiger partial charge in [-0.2, -0.15) is 0 Å². The first-order chi connectivity index (χ1) is 14.3. The van der Waals surface area contributed by atoms with E-state index in [-0.39, 0.29) is 35.6 Å². The van der Waals surface area contributed by atoms with E-state index in [2.05, 4.69) is 0 Å². The van der Waals surface area contributed by atoms with Gasteiger partial charge in [0.25, 0.3) is 5.91 Å². The molecule has 0 radical (unpaired) electrons. The molecule has 7 heteroatoms. The Hall–Kier alpha value is -2.38. The Labute approximate surface area is 175 Å². The molecule has 0 aliphatic carbocycles. The zero-order valence-electron chi connectivity index (χ0n) is 17.3. The summed E-state index contributed by atoms with van der Waals surface area (Å²) in [6, 6.07) is 10.1. The topological polar surface area (TPSA) is 32.8 Å². The van der Waals surface area contributed by atoms with Crippen LogP contribution in [-0.4, -0.2) is 54.6 Å². The molecule has 0 N–H and O–H groups in total. The van der Waals surface area contributed by atoms with Crippen molar-refractivity contribution in [2.75, 3.05) is 32.8 Å². The van der Waals surface area contributed by atoms with Crippen molar-refractivity contribution in [3.8, 4) is 0 Å². The van der Waals surface area contributed by atoms with Crippen LogP contribution in [-0.2, 0) is 11.3 Å². The second kappa shape index (κ2) is 10.1. The molecule has 1 saturated heterocycles. The first-order valence-corrected chi connectivity index (χ1v) is 10.2. The molecule has 0 bridgehead atoms. The van der Waals surface area contributed by atoms with Crippen LogP contribution in [0.3, 0.4) is 0 Å². The highest BCUT2D eigenvalue weighted by atomic mass is 19.2. The average Bonchev–Trinajstić information content (AvgIpc) is 2.71. The van der Waals surface area contributed by atoms with Crippen LogP contribution in [0.1, 0.15) is 29.8 Å². The third kappa shape index (κ3) is 5.61. The van der Waals surface area contributed by atoms with Gasteiger partial charge in [0.1, 0.15) is 5.82 Å². The zero-order valence-corrected chi connectivity index (χ0v) is 17.3. The summed E-state index contributed by atoms with van der Waals surface area (Å²) in [7, 11) is 0. The number of morpholine rings is 1. The van der Waals surface area contributed by atoms with Crippen LogP contribution < -0.4 is 0 Å². The van der Waals surface area contributed by atoms with Crippen molar-refractivity contribution in [3.63, 3.8) is 0 Å². The minimum absolute atomic E-state index is 0.0349. The van der Waals surface area contributed by atoms with Crippen molar-refractivity contribution < 1.29 is 22.7 Å². The Morgan fingerprint density at radius 3 is 2.60 bits per heavy atom. The van der Waals surface area contributed by atoms with Gasteiger partial charge in [0.15, 0.2) is 11.6 Å². The van der Waals surface area contributed by atoms with Crippen molar-refractivity contribution in [3.05, 3.63) is 71.0 Å². The van der Waals surface area contributed by atoms with Crippen molar-refractivity contribution in [1.29, 1.82) is 0 Å². The molecule has 1 fully saturated rings. The number of halogens is 3. The van der Waals surface area contributed by atoms with Gasteiger partial charge in [0.2, 0.25) is 0 Å². The van der Waals surface area contributed by atoms with Crippen molar-refractivity contribution in [1.82, 2.24) is 9.80 Å². The fourth-order valence-electron chi connectivity index (χ4n) is 3.68. The van der Waals surface area contributed by atoms with E-state index in [4.69, 9.17) is 4.74 Å². The largest absolute Gasteiger partial charge is 0.374 e. The molecule has 1 heterocycles. The van der Waals surface area contributed by atoms with E-state index in [0.717, 1.165) is 6.07 Å². The van der Waals surface area contributed by atoms with E-state index in [1.807, 2.05) is 18.7 Å². The molecule has 1 aliphatic heterocycles. The molecule has 2 aromatic carbocycles. The normalized spacial score (nSPS) is 17.3. The van der Waals surface area contributed by atoms with Gasteiger partial charge in [-0.05, 0) is 24.1 Å². The maximum absolute atomic E-state index is 14.1. The van der Waals surface area contributed by atoms with Gasteiger partial charge in [0, 0.05) is 38.3 Å². The molecular formula is C23H27F3N2O2. The lowest BCUT2D eigenvalue weighted by atomic mass is 10.1. The second-order valence-corrected chi connectivity index (χ2v) is 8.02. The zero-order chi connectivity index (χ0) is 21.7. The smallest absolute Gasteiger partial charge is 0.256 e. The number of ether oxygens (including phenoxy) is 1. The summed E-state index contributed by atoms with van der Waals surface area (Å²) in [5, 5.41) is 0. The van der Waals surface area contributed by atoms with Gasteiger partial charge in [0.05, 0.1) is 18.3 Å². The number of hydrogen-bond acceptors (Lipinski definition) is 3. The quantitative estimate of drug-likeness (QED) is 0.676. The van der Waals surface area contributed by atoms with Crippen molar-refractivity contribution in [2.24, 2.45) is 5.92 Å². The van der Waals surface area contributed by atoms with Crippen LogP contribution in [0.4, 0.5) is 13.2 Å². The monoisotopic (exact) mass is 420 g/mol. The van der Waals surface area contributed by atoms with E-state index in [1.165, 1.54) is 18.2 Å². The minimum atomic E-state index is -0.865. The van der Waals surface area contributed by atoms with Gasteiger partial charge in [-0.15, -0.1) is 0 Å². The molecule has 162 valence electrons. The maximum atomic E-state index is 14.1. The Kier molecular flexibility index (Phi) is 7.50. The van der Waals surface area contributed by atoms with Gasteiger partial charge in [-0.3, -0.25) is 9.69 Å². The predicted octanol–water partition coefficient (Wildman–Crippen LogP) is 4.10. The Bertz CT molecular complexity index is 875. The molecular weight excluding hydrogens is 393 g/mol. The van der Waals surface area contributed by atoms with Gasteiger partial charge >= 0.3 is 0 Å². The van der Waals surface area contributed by atoms with Crippen LogP contribution >= 0.6 is 0 Å². The molecule has 2 aromatic rings. The van der Waals surface area contributed by atoms with E-state index in [0.29, 0.717) is 32.8 Å². The predicted molar refractivity (Wildman–Crippen MR) is 109 cm³/mol. The highest BCUT2D eigenvalue weighted by molar-refractivity contribution is 5.94. The Balaban J connectivity index is 1.69. The summed E-state index contributed by atoms with van der Waals surface area (Å²) in [6.07, 6.45) is -0.301. The first kappa shape index (κ1) is 22.3. The summed E-state index contributed by atoms with van der Waals surface area (Å²) in [4.78, 5) is 16.5. The lowest BCUT2D eigenvalue weighted by Gasteiger charge is -2.36. The standard InChI is InChI=1S/C23H27F3N2O2/c1-16(2)12-28(23(29)19-7-3-4-8-20(19)24)15-18-14-27(10-11-30-18)13-17-6-5-9-21(25)22(17)26/h3-9,16,18H,10-15H2,1-2H3. The number of rotatable bonds is 7. The van der Waals surface area contributed by atoms with E-state index >= 15 is 0 Å². The number of nitrogens with zero attached hydrogens (tertiary/aromatic N) is 2. The molecule has 1 atom stereocenters. The average molecular weight is 420 g/mol. The summed E-state index contributed by atoms with van der Waals surface area (Å²) in [6.45, 7) is 6.47. The van der Waals surface area contributed by atoms with Crippen LogP contribution in [0.25, 0.3) is 0 Å². The molecule has 30 heavy (non-hydrogen) atoms. The van der Waals surface area contributed by atoms with E-state index < -0.39 is 17.5 Å². The van der Waals surface area contributed by atoms with Gasteiger partial charge in [-0.25, -0.2) is 13.2 Å². The summed E-state index contributed by atoms with van der Waals surface area (Å²) >= 11 is 0. The van der Waals surface area contributed by atoms with Crippen molar-refractivity contribution >= 4 is 5.91 Å². The summed E-state index contributed by atoms with van der Waals surface area (Å²) in [5.74, 6) is -2.43. The molecule has 4 nitrogen and oxygen atoms in total. The molecule has 0 aromatic heterocycles. The molecule has 3 rings (SSSR count). The van der Waals surface area contributed by atoms with Gasteiger partial charge in [-0.1, -0.05) is 38.1 Å². The highest BCUT2D eigenvalue weighted by Crippen LogP contribution is 2.18. The van der Waals surface area contributed by atoms with Crippen LogP contribution in [0.2, 0.25) is 0 Å². The number of carbonyl (C=O) groups is 1. The summed E-state index contributed by atoms with van der Waals surface area (Å²) in [5.41, 5.74) is 0.324. The van der Waals surface area contributed by atoms with Crippen LogP contribution in [0.15, 0.2) is 42.5 Å². The number of hydrogen-bond donors (Lipinski definition) is 0. The SMILES string of the molecule is CC(C)CN(CC1CN(Cc2cccc(F)c2F)CCO1)C(=O)c1ccccc1F.